The number of morpholine rings is 1. The van der Waals surface area contributed by atoms with E-state index in [0.717, 1.165) is 31.2 Å². The van der Waals surface area contributed by atoms with Gasteiger partial charge in [0, 0.05) is 24.3 Å². The van der Waals surface area contributed by atoms with Crippen LogP contribution in [-0.4, -0.2) is 32.9 Å². The highest BCUT2D eigenvalue weighted by molar-refractivity contribution is 5.62. The number of nitrogens with two attached hydrogens (primary N) is 1. The Labute approximate surface area is 95.9 Å². The molecule has 0 aliphatic carbocycles. The third-order valence-corrected chi connectivity index (χ3v) is 2.92. The van der Waals surface area contributed by atoms with Crippen LogP contribution in [-0.2, 0) is 4.74 Å². The van der Waals surface area contributed by atoms with Crippen LogP contribution in [0.1, 0.15) is 6.92 Å². The topological polar surface area (TPSA) is 47.7 Å². The molecule has 4 nitrogen and oxygen atoms in total. The van der Waals surface area contributed by atoms with Gasteiger partial charge in [-0.05, 0) is 19.1 Å². The lowest BCUT2D eigenvalue weighted by Gasteiger charge is -2.35. The molecular weight excluding hydrogens is 204 g/mol. The summed E-state index contributed by atoms with van der Waals surface area (Å²) in [5, 5.41) is 0. The second-order valence-corrected chi connectivity index (χ2v) is 4.04. The third kappa shape index (κ3) is 2.07. The highest BCUT2D eigenvalue weighted by atomic mass is 16.5. The molecule has 0 spiro atoms. The van der Waals surface area contributed by atoms with Gasteiger partial charge in [0.25, 0.3) is 0 Å². The summed E-state index contributed by atoms with van der Waals surface area (Å²) in [6, 6.07) is 6.29. The van der Waals surface area contributed by atoms with Gasteiger partial charge in [0.2, 0.25) is 0 Å². The molecule has 1 aliphatic heterocycles. The number of ether oxygens (including phenoxy) is 2. The Hall–Kier alpha value is -1.42. The average Bonchev–Trinajstić information content (AvgIpc) is 2.31. The maximum atomic E-state index is 5.80. The molecule has 1 aromatic carbocycles. The lowest BCUT2D eigenvalue weighted by atomic mass is 10.2. The van der Waals surface area contributed by atoms with Crippen molar-refractivity contribution in [3.8, 4) is 5.75 Å². The first-order valence-electron chi connectivity index (χ1n) is 5.50. The van der Waals surface area contributed by atoms with Crippen molar-refractivity contribution >= 4 is 11.4 Å². The van der Waals surface area contributed by atoms with Gasteiger partial charge in [-0.3, -0.25) is 0 Å². The number of hydrogen-bond donors (Lipinski definition) is 1. The van der Waals surface area contributed by atoms with Crippen molar-refractivity contribution in [3.05, 3.63) is 18.2 Å². The molecule has 0 bridgehead atoms. The summed E-state index contributed by atoms with van der Waals surface area (Å²) in [5.41, 5.74) is 7.61. The number of hydrogen-bond acceptors (Lipinski definition) is 4. The SMILES string of the molecule is COc1cc(N2CCOC[C@@H]2C)ccc1N. The summed E-state index contributed by atoms with van der Waals surface area (Å²) in [4.78, 5) is 2.31. The summed E-state index contributed by atoms with van der Waals surface area (Å²) < 4.78 is 10.6. The van der Waals surface area contributed by atoms with Crippen LogP contribution >= 0.6 is 0 Å². The molecule has 16 heavy (non-hydrogen) atoms. The lowest BCUT2D eigenvalue weighted by molar-refractivity contribution is 0.0989. The third-order valence-electron chi connectivity index (χ3n) is 2.92. The minimum atomic E-state index is 0.391. The predicted molar refractivity (Wildman–Crippen MR) is 65.0 cm³/mol. The molecule has 0 radical (unpaired) electrons. The van der Waals surface area contributed by atoms with Crippen molar-refractivity contribution in [1.82, 2.24) is 0 Å². The Bertz CT molecular complexity index is 368. The van der Waals surface area contributed by atoms with Crippen molar-refractivity contribution in [2.24, 2.45) is 0 Å². The van der Waals surface area contributed by atoms with Crippen LogP contribution < -0.4 is 15.4 Å². The molecule has 0 unspecified atom stereocenters. The molecule has 1 fully saturated rings. The molecule has 1 aromatic rings. The predicted octanol–water partition coefficient (Wildman–Crippen LogP) is 1.50. The van der Waals surface area contributed by atoms with E-state index in [2.05, 4.69) is 11.8 Å². The van der Waals surface area contributed by atoms with Crippen LogP contribution in [0.3, 0.4) is 0 Å². The number of rotatable bonds is 2. The average molecular weight is 222 g/mol. The second kappa shape index (κ2) is 4.61. The standard InChI is InChI=1S/C12H18N2O2/c1-9-8-16-6-5-14(9)10-3-4-11(13)12(7-10)15-2/h3-4,7,9H,5-6,8,13H2,1-2H3/t9-/m0/s1. The van der Waals surface area contributed by atoms with Gasteiger partial charge in [0.15, 0.2) is 0 Å². The first-order valence-corrected chi connectivity index (χ1v) is 5.50. The lowest BCUT2D eigenvalue weighted by Crippen LogP contribution is -2.43. The molecule has 1 saturated heterocycles. The Balaban J connectivity index is 2.25. The van der Waals surface area contributed by atoms with E-state index in [4.69, 9.17) is 15.2 Å². The molecule has 4 heteroatoms. The second-order valence-electron chi connectivity index (χ2n) is 4.04. The van der Waals surface area contributed by atoms with Crippen molar-refractivity contribution < 1.29 is 9.47 Å². The van der Waals surface area contributed by atoms with Gasteiger partial charge in [-0.1, -0.05) is 0 Å². The van der Waals surface area contributed by atoms with Crippen molar-refractivity contribution in [2.75, 3.05) is 37.5 Å². The molecule has 2 rings (SSSR count). The molecule has 1 aliphatic rings. The Morgan fingerprint density at radius 2 is 2.31 bits per heavy atom. The molecule has 88 valence electrons. The highest BCUT2D eigenvalue weighted by Gasteiger charge is 2.19. The largest absolute Gasteiger partial charge is 0.495 e. The maximum absolute atomic E-state index is 5.80. The number of nitrogens with zero attached hydrogens (tertiary/aromatic N) is 1. The van der Waals surface area contributed by atoms with Gasteiger partial charge in [0.1, 0.15) is 5.75 Å². The van der Waals surface area contributed by atoms with E-state index < -0.39 is 0 Å². The van der Waals surface area contributed by atoms with Gasteiger partial charge < -0.3 is 20.1 Å². The van der Waals surface area contributed by atoms with Gasteiger partial charge in [0.05, 0.1) is 26.0 Å². The quantitative estimate of drug-likeness (QED) is 0.770. The fourth-order valence-corrected chi connectivity index (χ4v) is 1.99. The molecule has 0 saturated carbocycles. The minimum absolute atomic E-state index is 0.391. The summed E-state index contributed by atoms with van der Waals surface area (Å²) >= 11 is 0. The minimum Gasteiger partial charge on any atom is -0.495 e. The Morgan fingerprint density at radius 1 is 1.50 bits per heavy atom. The Morgan fingerprint density at radius 3 is 3.00 bits per heavy atom. The molecule has 0 aromatic heterocycles. The van der Waals surface area contributed by atoms with Gasteiger partial charge in [-0.25, -0.2) is 0 Å². The van der Waals surface area contributed by atoms with Crippen molar-refractivity contribution in [3.63, 3.8) is 0 Å². The van der Waals surface area contributed by atoms with Gasteiger partial charge in [-0.15, -0.1) is 0 Å². The number of benzene rings is 1. The van der Waals surface area contributed by atoms with E-state index >= 15 is 0 Å². The molecule has 0 amide bonds. The van der Waals surface area contributed by atoms with E-state index in [-0.39, 0.29) is 0 Å². The van der Waals surface area contributed by atoms with Crippen LogP contribution in [0, 0.1) is 0 Å². The zero-order valence-electron chi connectivity index (χ0n) is 9.77. The summed E-state index contributed by atoms with van der Waals surface area (Å²) in [6.45, 7) is 4.61. The van der Waals surface area contributed by atoms with Crippen LogP contribution in [0.2, 0.25) is 0 Å². The number of nitrogen functional groups attached to an aromatic ring is 1. The van der Waals surface area contributed by atoms with Crippen molar-refractivity contribution in [1.29, 1.82) is 0 Å². The fraction of sp³-hybridized carbons (Fsp3) is 0.500. The zero-order chi connectivity index (χ0) is 11.5. The summed E-state index contributed by atoms with van der Waals surface area (Å²) in [7, 11) is 1.64. The van der Waals surface area contributed by atoms with Crippen LogP contribution in [0.25, 0.3) is 0 Å². The Kier molecular flexibility index (Phi) is 3.19. The number of methoxy groups -OCH3 is 1. The highest BCUT2D eigenvalue weighted by Crippen LogP contribution is 2.29. The van der Waals surface area contributed by atoms with E-state index in [1.54, 1.807) is 7.11 Å². The van der Waals surface area contributed by atoms with E-state index in [1.807, 2.05) is 18.2 Å². The zero-order valence-corrected chi connectivity index (χ0v) is 9.77. The van der Waals surface area contributed by atoms with Crippen LogP contribution in [0.15, 0.2) is 18.2 Å². The van der Waals surface area contributed by atoms with E-state index in [0.29, 0.717) is 11.7 Å². The van der Waals surface area contributed by atoms with E-state index in [1.165, 1.54) is 0 Å². The van der Waals surface area contributed by atoms with E-state index in [9.17, 15) is 0 Å². The molecule has 2 N–H and O–H groups in total. The van der Waals surface area contributed by atoms with Gasteiger partial charge in [-0.2, -0.15) is 0 Å². The number of anilines is 2. The monoisotopic (exact) mass is 222 g/mol. The molecule has 1 atom stereocenters. The smallest absolute Gasteiger partial charge is 0.143 e. The summed E-state index contributed by atoms with van der Waals surface area (Å²) in [6.07, 6.45) is 0. The first kappa shape index (κ1) is 11.1. The van der Waals surface area contributed by atoms with Crippen molar-refractivity contribution in [2.45, 2.75) is 13.0 Å². The van der Waals surface area contributed by atoms with Gasteiger partial charge >= 0.3 is 0 Å². The maximum Gasteiger partial charge on any atom is 0.143 e. The summed E-state index contributed by atoms with van der Waals surface area (Å²) in [5.74, 6) is 0.733. The molecule has 1 heterocycles. The molecular formula is C12H18N2O2. The first-order chi connectivity index (χ1) is 7.72. The van der Waals surface area contributed by atoms with Crippen LogP contribution in [0.5, 0.6) is 5.75 Å². The fourth-order valence-electron chi connectivity index (χ4n) is 1.99. The van der Waals surface area contributed by atoms with Crippen LogP contribution in [0.4, 0.5) is 11.4 Å². The normalized spacial score (nSPS) is 20.9.